The molecule has 0 bridgehead atoms. The molecule has 78 valence electrons. The third-order valence-corrected chi connectivity index (χ3v) is 2.54. The van der Waals surface area contributed by atoms with Crippen molar-refractivity contribution in [3.05, 3.63) is 18.2 Å². The lowest BCUT2D eigenvalue weighted by atomic mass is 10.2. The van der Waals surface area contributed by atoms with E-state index in [0.717, 1.165) is 5.69 Å². The van der Waals surface area contributed by atoms with Crippen molar-refractivity contribution in [3.8, 4) is 0 Å². The molecule has 1 aliphatic rings. The van der Waals surface area contributed by atoms with Gasteiger partial charge in [0.1, 0.15) is 0 Å². The molecule has 1 saturated carbocycles. The van der Waals surface area contributed by atoms with Crippen LogP contribution in [0.2, 0.25) is 0 Å². The zero-order valence-corrected chi connectivity index (χ0v) is 7.76. The Morgan fingerprint density at radius 2 is 2.50 bits per heavy atom. The van der Waals surface area contributed by atoms with E-state index in [2.05, 4.69) is 15.3 Å². The summed E-state index contributed by atoms with van der Waals surface area (Å²) in [5, 5.41) is 3.09. The minimum atomic E-state index is -2.47. The van der Waals surface area contributed by atoms with Gasteiger partial charge in [0.25, 0.3) is 0 Å². The van der Waals surface area contributed by atoms with Crippen LogP contribution in [0.5, 0.6) is 0 Å². The monoisotopic (exact) mass is 201 g/mol. The smallest absolute Gasteiger partial charge is 0.249 e. The van der Waals surface area contributed by atoms with Crippen molar-refractivity contribution in [2.75, 3.05) is 0 Å². The molecule has 2 rings (SSSR count). The van der Waals surface area contributed by atoms with Gasteiger partial charge < -0.3 is 10.3 Å². The van der Waals surface area contributed by atoms with Gasteiger partial charge in [-0.1, -0.05) is 0 Å². The van der Waals surface area contributed by atoms with Crippen LogP contribution in [0.4, 0.5) is 8.78 Å². The first kappa shape index (κ1) is 9.58. The van der Waals surface area contributed by atoms with E-state index in [9.17, 15) is 8.78 Å². The van der Waals surface area contributed by atoms with Gasteiger partial charge in [-0.3, -0.25) is 0 Å². The molecular weight excluding hydrogens is 188 g/mol. The molecule has 3 nitrogen and oxygen atoms in total. The van der Waals surface area contributed by atoms with E-state index >= 15 is 0 Å². The molecule has 0 radical (unpaired) electrons. The van der Waals surface area contributed by atoms with Gasteiger partial charge in [-0.15, -0.1) is 0 Å². The quantitative estimate of drug-likeness (QED) is 0.781. The van der Waals surface area contributed by atoms with Crippen molar-refractivity contribution < 1.29 is 8.78 Å². The lowest BCUT2D eigenvalue weighted by Gasteiger charge is -2.11. The molecule has 1 aromatic heterocycles. The first-order valence-corrected chi connectivity index (χ1v) is 4.74. The van der Waals surface area contributed by atoms with Gasteiger partial charge in [0.05, 0.1) is 6.33 Å². The van der Waals surface area contributed by atoms with Crippen LogP contribution in [0.25, 0.3) is 0 Å². The molecule has 0 aromatic carbocycles. The standard InChI is InChI=1S/C9H13F2N3/c10-9(11)2-1-7(3-9)13-5-8-4-12-6-14-8/h4,6-7,13H,1-3,5H2,(H,12,14). The van der Waals surface area contributed by atoms with E-state index in [4.69, 9.17) is 0 Å². The van der Waals surface area contributed by atoms with Crippen molar-refractivity contribution in [1.82, 2.24) is 15.3 Å². The third kappa shape index (κ3) is 2.29. The van der Waals surface area contributed by atoms with E-state index < -0.39 is 5.92 Å². The summed E-state index contributed by atoms with van der Waals surface area (Å²) in [6.45, 7) is 0.584. The lowest BCUT2D eigenvalue weighted by molar-refractivity contribution is 0.00686. The molecule has 0 aliphatic heterocycles. The molecule has 0 spiro atoms. The number of hydrogen-bond donors (Lipinski definition) is 2. The Hall–Kier alpha value is -0.970. The second-order valence-corrected chi connectivity index (χ2v) is 3.75. The Labute approximate surface area is 80.9 Å². The average Bonchev–Trinajstić information content (AvgIpc) is 2.70. The van der Waals surface area contributed by atoms with E-state index in [1.807, 2.05) is 0 Å². The van der Waals surface area contributed by atoms with Crippen LogP contribution in [0.15, 0.2) is 12.5 Å². The molecule has 1 aliphatic carbocycles. The van der Waals surface area contributed by atoms with Crippen LogP contribution < -0.4 is 5.32 Å². The molecule has 1 aromatic rings. The predicted octanol–water partition coefficient (Wildman–Crippen LogP) is 1.69. The zero-order valence-electron chi connectivity index (χ0n) is 7.76. The molecule has 14 heavy (non-hydrogen) atoms. The van der Waals surface area contributed by atoms with E-state index in [-0.39, 0.29) is 18.9 Å². The normalized spacial score (nSPS) is 25.4. The van der Waals surface area contributed by atoms with Crippen LogP contribution in [0.3, 0.4) is 0 Å². The number of aromatic nitrogens is 2. The van der Waals surface area contributed by atoms with Crippen molar-refractivity contribution in [2.45, 2.75) is 37.8 Å². The Morgan fingerprint density at radius 1 is 1.64 bits per heavy atom. The number of alkyl halides is 2. The number of halogens is 2. The molecule has 0 saturated heterocycles. The molecule has 1 unspecified atom stereocenters. The Morgan fingerprint density at radius 3 is 3.07 bits per heavy atom. The fourth-order valence-electron chi connectivity index (χ4n) is 1.76. The summed E-state index contributed by atoms with van der Waals surface area (Å²) in [7, 11) is 0. The summed E-state index contributed by atoms with van der Waals surface area (Å²) in [6, 6.07) is -0.0618. The van der Waals surface area contributed by atoms with Crippen molar-refractivity contribution >= 4 is 0 Å². The molecule has 2 N–H and O–H groups in total. The minimum Gasteiger partial charge on any atom is -0.347 e. The van der Waals surface area contributed by atoms with Crippen molar-refractivity contribution in [1.29, 1.82) is 0 Å². The van der Waals surface area contributed by atoms with Crippen LogP contribution in [-0.2, 0) is 6.54 Å². The zero-order chi connectivity index (χ0) is 10.0. The fraction of sp³-hybridized carbons (Fsp3) is 0.667. The highest BCUT2D eigenvalue weighted by atomic mass is 19.3. The van der Waals surface area contributed by atoms with E-state index in [1.54, 1.807) is 12.5 Å². The highest BCUT2D eigenvalue weighted by molar-refractivity contribution is 4.95. The molecule has 5 heteroatoms. The SMILES string of the molecule is FC1(F)CCC(NCc2cnc[nH]2)C1. The lowest BCUT2D eigenvalue weighted by Crippen LogP contribution is -2.27. The number of imidazole rings is 1. The van der Waals surface area contributed by atoms with Gasteiger partial charge in [-0.05, 0) is 6.42 Å². The first-order chi connectivity index (χ1) is 6.66. The predicted molar refractivity (Wildman–Crippen MR) is 48.0 cm³/mol. The molecule has 1 fully saturated rings. The van der Waals surface area contributed by atoms with Gasteiger partial charge in [0.15, 0.2) is 0 Å². The first-order valence-electron chi connectivity index (χ1n) is 4.74. The average molecular weight is 201 g/mol. The van der Waals surface area contributed by atoms with Crippen LogP contribution in [0, 0.1) is 0 Å². The molecular formula is C9H13F2N3. The van der Waals surface area contributed by atoms with Gasteiger partial charge in [-0.2, -0.15) is 0 Å². The molecule has 0 amide bonds. The van der Waals surface area contributed by atoms with E-state index in [1.165, 1.54) is 0 Å². The van der Waals surface area contributed by atoms with Crippen LogP contribution in [0.1, 0.15) is 25.0 Å². The Bertz CT molecular complexity index is 284. The van der Waals surface area contributed by atoms with Crippen molar-refractivity contribution in [2.24, 2.45) is 0 Å². The summed E-state index contributed by atoms with van der Waals surface area (Å²) in [5.41, 5.74) is 0.931. The summed E-state index contributed by atoms with van der Waals surface area (Å²) in [6.07, 6.45) is 3.80. The number of aromatic amines is 1. The summed E-state index contributed by atoms with van der Waals surface area (Å²) in [4.78, 5) is 6.77. The largest absolute Gasteiger partial charge is 0.347 e. The number of nitrogens with zero attached hydrogens (tertiary/aromatic N) is 1. The second-order valence-electron chi connectivity index (χ2n) is 3.75. The Balaban J connectivity index is 1.78. The van der Waals surface area contributed by atoms with Gasteiger partial charge >= 0.3 is 0 Å². The maximum atomic E-state index is 12.8. The highest BCUT2D eigenvalue weighted by Gasteiger charge is 2.38. The summed E-state index contributed by atoms with van der Waals surface area (Å²) < 4.78 is 25.6. The van der Waals surface area contributed by atoms with Gasteiger partial charge in [0.2, 0.25) is 5.92 Å². The second kappa shape index (κ2) is 3.65. The third-order valence-electron chi connectivity index (χ3n) is 2.54. The summed E-state index contributed by atoms with van der Waals surface area (Å²) >= 11 is 0. The molecule has 1 heterocycles. The maximum Gasteiger partial charge on any atom is 0.249 e. The number of hydrogen-bond acceptors (Lipinski definition) is 2. The number of rotatable bonds is 3. The van der Waals surface area contributed by atoms with Crippen LogP contribution in [-0.4, -0.2) is 21.9 Å². The minimum absolute atomic E-state index is 0.00758. The summed E-state index contributed by atoms with van der Waals surface area (Å²) in [5.74, 6) is -2.47. The fourth-order valence-corrected chi connectivity index (χ4v) is 1.76. The highest BCUT2D eigenvalue weighted by Crippen LogP contribution is 2.34. The topological polar surface area (TPSA) is 40.7 Å². The number of nitrogens with one attached hydrogen (secondary N) is 2. The maximum absolute atomic E-state index is 12.8. The Kier molecular flexibility index (Phi) is 2.50. The number of H-pyrrole nitrogens is 1. The van der Waals surface area contributed by atoms with Crippen LogP contribution >= 0.6 is 0 Å². The van der Waals surface area contributed by atoms with E-state index in [0.29, 0.717) is 13.0 Å². The van der Waals surface area contributed by atoms with Gasteiger partial charge in [0, 0.05) is 37.3 Å². The van der Waals surface area contributed by atoms with Crippen molar-refractivity contribution in [3.63, 3.8) is 0 Å². The van der Waals surface area contributed by atoms with Gasteiger partial charge in [-0.25, -0.2) is 13.8 Å². The molecule has 1 atom stereocenters.